The lowest BCUT2D eigenvalue weighted by Crippen LogP contribution is -2.36. The van der Waals surface area contributed by atoms with E-state index in [1.165, 1.54) is 13.3 Å². The van der Waals surface area contributed by atoms with Crippen molar-refractivity contribution >= 4 is 28.9 Å². The summed E-state index contributed by atoms with van der Waals surface area (Å²) in [5, 5.41) is 20.2. The van der Waals surface area contributed by atoms with Crippen LogP contribution < -0.4 is 16.4 Å². The lowest BCUT2D eigenvalue weighted by molar-refractivity contribution is -0.134. The summed E-state index contributed by atoms with van der Waals surface area (Å²) in [7, 11) is 1.46. The molecule has 208 valence electrons. The van der Waals surface area contributed by atoms with Gasteiger partial charge in [-0.2, -0.15) is 10.4 Å². The van der Waals surface area contributed by atoms with Gasteiger partial charge in [0.1, 0.15) is 12.0 Å². The maximum atomic E-state index is 13.1. The second-order valence-electron chi connectivity index (χ2n) is 10.4. The van der Waals surface area contributed by atoms with Crippen LogP contribution in [0.4, 0.5) is 5.69 Å². The van der Waals surface area contributed by atoms with E-state index in [-0.39, 0.29) is 42.5 Å². The molecule has 1 saturated carbocycles. The number of amides is 3. The number of carbonyl (C=O) groups excluding carboxylic acids is 3. The molecule has 3 amide bonds. The lowest BCUT2D eigenvalue weighted by atomic mass is 10.00. The monoisotopic (exact) mass is 544 g/mol. The fourth-order valence-corrected chi connectivity index (χ4v) is 5.23. The van der Waals surface area contributed by atoms with E-state index in [2.05, 4.69) is 33.7 Å². The minimum Gasteiger partial charge on any atom is -0.378 e. The molecule has 2 atom stereocenters. The number of anilines is 1. The summed E-state index contributed by atoms with van der Waals surface area (Å²) in [5.74, 6) is -0.794. The zero-order valence-electron chi connectivity index (χ0n) is 22.5. The van der Waals surface area contributed by atoms with Gasteiger partial charge in [0.05, 0.1) is 41.3 Å². The number of hydrogen-bond acceptors (Lipinski definition) is 8. The molecule has 0 aromatic carbocycles. The molecule has 1 aliphatic heterocycles. The number of rotatable bonds is 10. The van der Waals surface area contributed by atoms with Gasteiger partial charge in [-0.3, -0.25) is 19.4 Å². The number of methoxy groups -OCH3 is 1. The van der Waals surface area contributed by atoms with Crippen molar-refractivity contribution in [1.82, 2.24) is 24.8 Å². The van der Waals surface area contributed by atoms with Crippen molar-refractivity contribution in [2.24, 2.45) is 17.1 Å². The Bertz CT molecular complexity index is 1490. The smallest absolute Gasteiger partial charge is 0.252 e. The second-order valence-corrected chi connectivity index (χ2v) is 10.4. The van der Waals surface area contributed by atoms with Gasteiger partial charge in [-0.05, 0) is 37.3 Å². The Labute approximate surface area is 231 Å². The van der Waals surface area contributed by atoms with Gasteiger partial charge >= 0.3 is 0 Å². The predicted molar refractivity (Wildman–Crippen MR) is 146 cm³/mol. The van der Waals surface area contributed by atoms with Crippen LogP contribution in [0.25, 0.3) is 16.6 Å². The zero-order valence-corrected chi connectivity index (χ0v) is 22.5. The highest BCUT2D eigenvalue weighted by atomic mass is 16.5. The van der Waals surface area contributed by atoms with Crippen LogP contribution in [0.15, 0.2) is 36.8 Å². The van der Waals surface area contributed by atoms with Crippen LogP contribution in [-0.2, 0) is 20.9 Å². The first kappa shape index (κ1) is 27.1. The van der Waals surface area contributed by atoms with E-state index in [1.807, 2.05) is 24.4 Å². The number of nitrogens with zero attached hydrogens (tertiary/aromatic N) is 5. The number of nitriles is 1. The highest BCUT2D eigenvalue weighted by molar-refractivity contribution is 6.02. The zero-order chi connectivity index (χ0) is 28.4. The van der Waals surface area contributed by atoms with Crippen LogP contribution in [-0.4, -0.2) is 70.1 Å². The molecule has 12 nitrogen and oxygen atoms in total. The van der Waals surface area contributed by atoms with Crippen LogP contribution >= 0.6 is 0 Å². The number of primary amides is 1. The number of ether oxygens (including phenoxy) is 1. The quantitative estimate of drug-likeness (QED) is 0.347. The SMILES string of the molecule is CC[C@H]1CN(C(=O)C2(C#N)CC2)C[C@H]1Nc1c(C(N)=O)cnn2cc(-c3ccc(CNC(=O)COC)nc3)cc12. The highest BCUT2D eigenvalue weighted by Crippen LogP contribution is 2.47. The molecule has 1 saturated heterocycles. The third kappa shape index (κ3) is 5.20. The summed E-state index contributed by atoms with van der Waals surface area (Å²) in [6, 6.07) is 7.72. The van der Waals surface area contributed by atoms with E-state index in [9.17, 15) is 19.6 Å². The molecular weight excluding hydrogens is 512 g/mol. The van der Waals surface area contributed by atoms with Crippen molar-refractivity contribution < 1.29 is 19.1 Å². The number of aromatic nitrogens is 3. The Hall–Kier alpha value is -4.50. The standard InChI is InChI=1S/C28H32N8O4/c1-3-17-12-35(27(39)28(16-29)6-7-28)14-22(17)34-25-21(26(30)38)11-33-36-13-19(8-23(25)36)18-4-5-20(31-9-18)10-32-24(37)15-40-2/h4-5,8-9,11,13,17,22,34H,3,6-7,10,12,14-15H2,1-2H3,(H2,30,38)(H,32,37)/t17-,22+/m0/s1. The van der Waals surface area contributed by atoms with E-state index >= 15 is 0 Å². The number of pyridine rings is 1. The van der Waals surface area contributed by atoms with Crippen LogP contribution in [0.3, 0.4) is 0 Å². The molecular formula is C28H32N8O4. The normalized spacial score (nSPS) is 19.3. The summed E-state index contributed by atoms with van der Waals surface area (Å²) in [4.78, 5) is 43.3. The molecule has 2 aliphatic rings. The fraction of sp³-hybridized carbons (Fsp3) is 0.429. The van der Waals surface area contributed by atoms with Gasteiger partial charge in [0, 0.05) is 49.8 Å². The third-order valence-corrected chi connectivity index (χ3v) is 7.76. The Kier molecular flexibility index (Phi) is 7.40. The van der Waals surface area contributed by atoms with Crippen molar-refractivity contribution in [2.75, 3.05) is 32.1 Å². The van der Waals surface area contributed by atoms with Crippen LogP contribution in [0.1, 0.15) is 42.2 Å². The third-order valence-electron chi connectivity index (χ3n) is 7.76. The van der Waals surface area contributed by atoms with E-state index in [4.69, 9.17) is 10.5 Å². The summed E-state index contributed by atoms with van der Waals surface area (Å²) < 4.78 is 6.49. The molecule has 0 radical (unpaired) electrons. The topological polar surface area (TPSA) is 168 Å². The first-order valence-electron chi connectivity index (χ1n) is 13.3. The average molecular weight is 545 g/mol. The molecule has 4 heterocycles. The van der Waals surface area contributed by atoms with Gasteiger partial charge in [-0.1, -0.05) is 13.0 Å². The highest BCUT2D eigenvalue weighted by Gasteiger charge is 2.54. The van der Waals surface area contributed by atoms with Crippen molar-refractivity contribution in [2.45, 2.75) is 38.8 Å². The Morgan fingerprint density at radius 2 is 2.02 bits per heavy atom. The maximum absolute atomic E-state index is 13.1. The van der Waals surface area contributed by atoms with Crippen molar-refractivity contribution in [3.8, 4) is 17.2 Å². The molecule has 12 heteroatoms. The largest absolute Gasteiger partial charge is 0.378 e. The predicted octanol–water partition coefficient (Wildman–Crippen LogP) is 1.71. The first-order chi connectivity index (χ1) is 19.3. The van der Waals surface area contributed by atoms with Gasteiger partial charge in [0.15, 0.2) is 0 Å². The number of likely N-dealkylation sites (tertiary alicyclic amines) is 1. The Morgan fingerprint density at radius 3 is 2.65 bits per heavy atom. The maximum Gasteiger partial charge on any atom is 0.252 e. The molecule has 4 N–H and O–H groups in total. The van der Waals surface area contributed by atoms with Gasteiger partial charge in [-0.25, -0.2) is 4.52 Å². The van der Waals surface area contributed by atoms with E-state index in [0.29, 0.717) is 42.8 Å². The molecule has 1 aliphatic carbocycles. The molecule has 0 bridgehead atoms. The minimum atomic E-state index is -0.870. The molecule has 2 fully saturated rings. The van der Waals surface area contributed by atoms with Gasteiger partial charge in [0.2, 0.25) is 11.8 Å². The van der Waals surface area contributed by atoms with Gasteiger partial charge in [0.25, 0.3) is 5.91 Å². The Balaban J connectivity index is 1.40. The number of hydrogen-bond donors (Lipinski definition) is 3. The molecule has 5 rings (SSSR count). The van der Waals surface area contributed by atoms with Crippen LogP contribution in [0, 0.1) is 22.7 Å². The van der Waals surface area contributed by atoms with Crippen molar-refractivity contribution in [3.05, 3.63) is 48.0 Å². The van der Waals surface area contributed by atoms with Gasteiger partial charge in [-0.15, -0.1) is 0 Å². The summed E-state index contributed by atoms with van der Waals surface area (Å²) in [5.41, 5.74) is 8.70. The number of nitrogens with one attached hydrogen (secondary N) is 2. The summed E-state index contributed by atoms with van der Waals surface area (Å²) in [6.45, 7) is 3.33. The molecule has 3 aromatic rings. The second kappa shape index (κ2) is 10.9. The molecule has 0 unspecified atom stereocenters. The summed E-state index contributed by atoms with van der Waals surface area (Å²) >= 11 is 0. The molecule has 0 spiro atoms. The van der Waals surface area contributed by atoms with E-state index in [0.717, 1.165) is 17.5 Å². The fourth-order valence-electron chi connectivity index (χ4n) is 5.23. The summed E-state index contributed by atoms with van der Waals surface area (Å²) in [6.07, 6.45) is 7.04. The van der Waals surface area contributed by atoms with Gasteiger partial charge < -0.3 is 26.0 Å². The minimum absolute atomic E-state index is 0.0130. The molecule has 40 heavy (non-hydrogen) atoms. The van der Waals surface area contributed by atoms with Crippen molar-refractivity contribution in [3.63, 3.8) is 0 Å². The van der Waals surface area contributed by atoms with Crippen molar-refractivity contribution in [1.29, 1.82) is 5.26 Å². The van der Waals surface area contributed by atoms with E-state index in [1.54, 1.807) is 15.6 Å². The van der Waals surface area contributed by atoms with Crippen LogP contribution in [0.5, 0.6) is 0 Å². The number of fused-ring (bicyclic) bond motifs is 1. The first-order valence-corrected chi connectivity index (χ1v) is 13.3. The number of nitrogens with two attached hydrogens (primary N) is 1. The number of carbonyl (C=O) groups is 3. The lowest BCUT2D eigenvalue weighted by Gasteiger charge is -2.22. The average Bonchev–Trinajstić information content (AvgIpc) is 3.46. The molecule has 3 aromatic heterocycles. The Morgan fingerprint density at radius 1 is 1.23 bits per heavy atom. The van der Waals surface area contributed by atoms with Crippen LogP contribution in [0.2, 0.25) is 0 Å². The van der Waals surface area contributed by atoms with E-state index < -0.39 is 11.3 Å².